The van der Waals surface area contributed by atoms with E-state index in [4.69, 9.17) is 4.42 Å². The van der Waals surface area contributed by atoms with Gasteiger partial charge in [0.15, 0.2) is 0 Å². The molecule has 3 rings (SSSR count). The van der Waals surface area contributed by atoms with Crippen LogP contribution in [-0.2, 0) is 0 Å². The molecule has 0 fully saturated rings. The molecule has 0 aliphatic heterocycles. The van der Waals surface area contributed by atoms with E-state index in [-0.39, 0.29) is 6.04 Å². The van der Waals surface area contributed by atoms with E-state index in [9.17, 15) is 0 Å². The zero-order valence-corrected chi connectivity index (χ0v) is 12.0. The van der Waals surface area contributed by atoms with Crippen molar-refractivity contribution in [3.63, 3.8) is 0 Å². The number of pyridine rings is 1. The fourth-order valence-electron chi connectivity index (χ4n) is 2.54. The first-order valence-electron chi connectivity index (χ1n) is 6.78. The summed E-state index contributed by atoms with van der Waals surface area (Å²) < 4.78 is 5.98. The third-order valence-electron chi connectivity index (χ3n) is 3.59. The normalized spacial score (nSPS) is 12.8. The summed E-state index contributed by atoms with van der Waals surface area (Å²) in [5, 5.41) is 4.43. The third-order valence-corrected chi connectivity index (χ3v) is 3.59. The molecule has 3 aromatic rings. The Morgan fingerprint density at radius 1 is 1.15 bits per heavy atom. The van der Waals surface area contributed by atoms with Crippen LogP contribution in [0.5, 0.6) is 0 Å². The Kier molecular flexibility index (Phi) is 3.28. The second-order valence-electron chi connectivity index (χ2n) is 5.12. The largest absolute Gasteiger partial charge is 0.459 e. The Morgan fingerprint density at radius 2 is 2.00 bits per heavy atom. The molecule has 0 radical (unpaired) electrons. The van der Waals surface area contributed by atoms with Gasteiger partial charge in [0, 0.05) is 11.6 Å². The number of benzene rings is 1. The van der Waals surface area contributed by atoms with Crippen LogP contribution in [-0.4, -0.2) is 12.0 Å². The lowest BCUT2D eigenvalue weighted by molar-refractivity contribution is 0.484. The smallest absolute Gasteiger partial charge is 0.134 e. The van der Waals surface area contributed by atoms with Crippen molar-refractivity contribution in [2.45, 2.75) is 19.9 Å². The van der Waals surface area contributed by atoms with Crippen LogP contribution < -0.4 is 5.32 Å². The van der Waals surface area contributed by atoms with E-state index >= 15 is 0 Å². The standard InChI is InChI=1S/C17H18N2O/c1-11-6-7-14-13(9-11)10-15(20-14)17(18-3)16-12(2)5-4-8-19-16/h4-10,17-18H,1-3H3. The van der Waals surface area contributed by atoms with E-state index < -0.39 is 0 Å². The lowest BCUT2D eigenvalue weighted by atomic mass is 10.1. The van der Waals surface area contributed by atoms with Gasteiger partial charge in [0.25, 0.3) is 0 Å². The summed E-state index contributed by atoms with van der Waals surface area (Å²) in [5.41, 5.74) is 4.31. The molecule has 3 nitrogen and oxygen atoms in total. The van der Waals surface area contributed by atoms with E-state index in [2.05, 4.69) is 48.4 Å². The van der Waals surface area contributed by atoms with Crippen LogP contribution in [0.4, 0.5) is 0 Å². The van der Waals surface area contributed by atoms with Gasteiger partial charge in [-0.1, -0.05) is 17.7 Å². The quantitative estimate of drug-likeness (QED) is 0.784. The van der Waals surface area contributed by atoms with Crippen molar-refractivity contribution in [1.29, 1.82) is 0 Å². The van der Waals surface area contributed by atoms with Gasteiger partial charge in [0.2, 0.25) is 0 Å². The van der Waals surface area contributed by atoms with Crippen LogP contribution in [0.2, 0.25) is 0 Å². The van der Waals surface area contributed by atoms with Crippen LogP contribution >= 0.6 is 0 Å². The highest BCUT2D eigenvalue weighted by atomic mass is 16.3. The van der Waals surface area contributed by atoms with Crippen molar-refractivity contribution in [3.8, 4) is 0 Å². The Hall–Kier alpha value is -2.13. The van der Waals surface area contributed by atoms with Crippen LogP contribution in [0.15, 0.2) is 47.0 Å². The number of aromatic nitrogens is 1. The predicted octanol–water partition coefficient (Wildman–Crippen LogP) is 3.75. The SMILES string of the molecule is CNC(c1cc2cc(C)ccc2o1)c1ncccc1C. The number of hydrogen-bond acceptors (Lipinski definition) is 3. The Bertz CT molecular complexity index is 746. The second-order valence-corrected chi connectivity index (χ2v) is 5.12. The maximum Gasteiger partial charge on any atom is 0.134 e. The van der Waals surface area contributed by atoms with Crippen molar-refractivity contribution < 1.29 is 4.42 Å². The highest BCUT2D eigenvalue weighted by Gasteiger charge is 2.19. The van der Waals surface area contributed by atoms with Crippen molar-refractivity contribution in [2.75, 3.05) is 7.05 Å². The highest BCUT2D eigenvalue weighted by molar-refractivity contribution is 5.78. The molecule has 3 heteroatoms. The molecule has 1 atom stereocenters. The third kappa shape index (κ3) is 2.21. The molecular formula is C17H18N2O. The summed E-state index contributed by atoms with van der Waals surface area (Å²) >= 11 is 0. The molecule has 0 saturated heterocycles. The van der Waals surface area contributed by atoms with E-state index in [0.717, 1.165) is 28.0 Å². The minimum atomic E-state index is -0.0242. The van der Waals surface area contributed by atoms with Crippen LogP contribution in [0.3, 0.4) is 0 Å². The minimum absolute atomic E-state index is 0.0242. The first-order valence-corrected chi connectivity index (χ1v) is 6.78. The van der Waals surface area contributed by atoms with Gasteiger partial charge in [-0.2, -0.15) is 0 Å². The molecule has 0 aliphatic carbocycles. The zero-order chi connectivity index (χ0) is 14.1. The molecule has 0 amide bonds. The van der Waals surface area contributed by atoms with Gasteiger partial charge in [-0.25, -0.2) is 0 Å². The number of rotatable bonds is 3. The molecule has 1 unspecified atom stereocenters. The Morgan fingerprint density at radius 3 is 2.75 bits per heavy atom. The van der Waals surface area contributed by atoms with Gasteiger partial charge in [0.1, 0.15) is 17.4 Å². The maximum absolute atomic E-state index is 5.98. The monoisotopic (exact) mass is 266 g/mol. The molecule has 1 N–H and O–H groups in total. The summed E-state index contributed by atoms with van der Waals surface area (Å²) in [6, 6.07) is 12.3. The number of nitrogens with one attached hydrogen (secondary N) is 1. The average molecular weight is 266 g/mol. The summed E-state index contributed by atoms with van der Waals surface area (Å²) in [6.45, 7) is 4.16. The van der Waals surface area contributed by atoms with Gasteiger partial charge < -0.3 is 9.73 Å². The first kappa shape index (κ1) is 12.9. The van der Waals surface area contributed by atoms with Crippen molar-refractivity contribution in [3.05, 3.63) is 65.2 Å². The van der Waals surface area contributed by atoms with Crippen molar-refractivity contribution in [1.82, 2.24) is 10.3 Å². The fourth-order valence-corrected chi connectivity index (χ4v) is 2.54. The van der Waals surface area contributed by atoms with Gasteiger partial charge in [-0.3, -0.25) is 4.98 Å². The summed E-state index contributed by atoms with van der Waals surface area (Å²) in [6.07, 6.45) is 1.82. The number of nitrogens with zero attached hydrogens (tertiary/aromatic N) is 1. The lowest BCUT2D eigenvalue weighted by Crippen LogP contribution is -2.19. The first-order chi connectivity index (χ1) is 9.69. The molecule has 2 aromatic heterocycles. The summed E-state index contributed by atoms with van der Waals surface area (Å²) in [5.74, 6) is 0.898. The number of aryl methyl sites for hydroxylation is 2. The fraction of sp³-hybridized carbons (Fsp3) is 0.235. The molecule has 2 heterocycles. The van der Waals surface area contributed by atoms with Gasteiger partial charge in [0.05, 0.1) is 5.69 Å². The summed E-state index contributed by atoms with van der Waals surface area (Å²) in [4.78, 5) is 4.49. The molecule has 0 spiro atoms. The van der Waals surface area contributed by atoms with E-state index in [1.54, 1.807) is 0 Å². The number of fused-ring (bicyclic) bond motifs is 1. The lowest BCUT2D eigenvalue weighted by Gasteiger charge is -2.14. The topological polar surface area (TPSA) is 38.1 Å². The van der Waals surface area contributed by atoms with Crippen LogP contribution in [0, 0.1) is 13.8 Å². The molecule has 20 heavy (non-hydrogen) atoms. The minimum Gasteiger partial charge on any atom is -0.459 e. The van der Waals surface area contributed by atoms with Crippen molar-refractivity contribution in [2.24, 2.45) is 0 Å². The zero-order valence-electron chi connectivity index (χ0n) is 12.0. The Balaban J connectivity index is 2.10. The molecule has 0 bridgehead atoms. The maximum atomic E-state index is 5.98. The summed E-state index contributed by atoms with van der Waals surface area (Å²) in [7, 11) is 1.93. The van der Waals surface area contributed by atoms with Crippen LogP contribution in [0.1, 0.15) is 28.6 Å². The Labute approximate surface area is 118 Å². The van der Waals surface area contributed by atoms with E-state index in [0.29, 0.717) is 0 Å². The average Bonchev–Trinajstić information content (AvgIpc) is 2.84. The van der Waals surface area contributed by atoms with E-state index in [1.807, 2.05) is 25.4 Å². The van der Waals surface area contributed by atoms with Crippen molar-refractivity contribution >= 4 is 11.0 Å². The van der Waals surface area contributed by atoms with Gasteiger partial charge in [-0.05, 0) is 50.7 Å². The molecular weight excluding hydrogens is 248 g/mol. The number of furan rings is 1. The molecule has 1 aromatic carbocycles. The second kappa shape index (κ2) is 5.10. The highest BCUT2D eigenvalue weighted by Crippen LogP contribution is 2.29. The predicted molar refractivity (Wildman–Crippen MR) is 80.8 cm³/mol. The van der Waals surface area contributed by atoms with E-state index in [1.165, 1.54) is 5.56 Å². The molecule has 0 aliphatic rings. The van der Waals surface area contributed by atoms with Crippen LogP contribution in [0.25, 0.3) is 11.0 Å². The molecule has 102 valence electrons. The van der Waals surface area contributed by atoms with Gasteiger partial charge in [-0.15, -0.1) is 0 Å². The molecule has 0 saturated carbocycles. The number of hydrogen-bond donors (Lipinski definition) is 1. The van der Waals surface area contributed by atoms with Gasteiger partial charge >= 0.3 is 0 Å².